The fraction of sp³-hybridized carbons (Fsp3) is 0.125. The Bertz CT molecular complexity index is 659. The average Bonchev–Trinajstić information content (AvgIpc) is 2.54. The lowest BCUT2D eigenvalue weighted by atomic mass is 10.2. The van der Waals surface area contributed by atoms with Gasteiger partial charge in [0.25, 0.3) is 0 Å². The number of hydrogen-bond acceptors (Lipinski definition) is 3. The first kappa shape index (κ1) is 16.3. The summed E-state index contributed by atoms with van der Waals surface area (Å²) in [6.07, 6.45) is 1.68. The lowest BCUT2D eigenvalue weighted by Crippen LogP contribution is -2.28. The van der Waals surface area contributed by atoms with E-state index in [0.717, 1.165) is 16.9 Å². The first-order valence-corrected chi connectivity index (χ1v) is 7.44. The molecule has 2 aromatic rings. The van der Waals surface area contributed by atoms with Crippen LogP contribution >= 0.6 is 23.8 Å². The molecule has 0 bridgehead atoms. The van der Waals surface area contributed by atoms with Crippen molar-refractivity contribution in [3.63, 3.8) is 0 Å². The number of thiocarbonyl (C=S) groups is 1. The molecule has 4 nitrogen and oxygen atoms in total. The van der Waals surface area contributed by atoms with Crippen LogP contribution in [0.5, 0.6) is 5.75 Å². The summed E-state index contributed by atoms with van der Waals surface area (Å²) in [6.45, 7) is 0.486. The van der Waals surface area contributed by atoms with Crippen molar-refractivity contribution in [2.45, 2.75) is 6.61 Å². The summed E-state index contributed by atoms with van der Waals surface area (Å²) < 4.78 is 5.76. The zero-order chi connectivity index (χ0) is 15.8. The highest BCUT2D eigenvalue weighted by molar-refractivity contribution is 7.80. The molecule has 0 aliphatic rings. The Morgan fingerprint density at radius 3 is 2.77 bits per heavy atom. The molecular weight excluding hydrogens is 318 g/mol. The zero-order valence-corrected chi connectivity index (χ0v) is 13.6. The van der Waals surface area contributed by atoms with E-state index in [1.54, 1.807) is 13.3 Å². The van der Waals surface area contributed by atoms with Gasteiger partial charge in [0.1, 0.15) is 12.4 Å². The largest absolute Gasteiger partial charge is 0.489 e. The molecule has 0 spiro atoms. The number of nitrogens with one attached hydrogen (secondary N) is 2. The van der Waals surface area contributed by atoms with E-state index < -0.39 is 0 Å². The molecule has 0 saturated carbocycles. The first-order valence-electron chi connectivity index (χ1n) is 6.65. The van der Waals surface area contributed by atoms with Crippen molar-refractivity contribution in [1.82, 2.24) is 10.7 Å². The van der Waals surface area contributed by atoms with Crippen LogP contribution in [0.3, 0.4) is 0 Å². The van der Waals surface area contributed by atoms with Gasteiger partial charge in [-0.05, 0) is 47.6 Å². The van der Waals surface area contributed by atoms with E-state index in [0.29, 0.717) is 16.7 Å². The molecule has 2 aromatic carbocycles. The number of nitrogens with zero attached hydrogens (tertiary/aromatic N) is 1. The number of ether oxygens (including phenoxy) is 1. The Labute approximate surface area is 140 Å². The van der Waals surface area contributed by atoms with Gasteiger partial charge in [-0.1, -0.05) is 35.9 Å². The fourth-order valence-corrected chi connectivity index (χ4v) is 1.83. The van der Waals surface area contributed by atoms with Crippen molar-refractivity contribution in [2.24, 2.45) is 5.10 Å². The Morgan fingerprint density at radius 2 is 2.05 bits per heavy atom. The van der Waals surface area contributed by atoms with Crippen molar-refractivity contribution in [1.29, 1.82) is 0 Å². The quantitative estimate of drug-likeness (QED) is 0.500. The summed E-state index contributed by atoms with van der Waals surface area (Å²) in [6, 6.07) is 15.2. The summed E-state index contributed by atoms with van der Waals surface area (Å²) in [5, 5.41) is 7.99. The van der Waals surface area contributed by atoms with E-state index in [4.69, 9.17) is 28.6 Å². The van der Waals surface area contributed by atoms with Gasteiger partial charge < -0.3 is 10.1 Å². The van der Waals surface area contributed by atoms with E-state index in [1.165, 1.54) is 0 Å². The van der Waals surface area contributed by atoms with Gasteiger partial charge in [-0.2, -0.15) is 5.10 Å². The number of hydrogen-bond donors (Lipinski definition) is 2. The summed E-state index contributed by atoms with van der Waals surface area (Å²) in [7, 11) is 1.73. The molecule has 2 rings (SSSR count). The third-order valence-corrected chi connectivity index (χ3v) is 3.33. The molecule has 0 aliphatic heterocycles. The third-order valence-electron chi connectivity index (χ3n) is 2.78. The fourth-order valence-electron chi connectivity index (χ4n) is 1.65. The van der Waals surface area contributed by atoms with Gasteiger partial charge in [0.05, 0.1) is 6.21 Å². The Morgan fingerprint density at radius 1 is 1.27 bits per heavy atom. The summed E-state index contributed by atoms with van der Waals surface area (Å²) in [4.78, 5) is 0. The van der Waals surface area contributed by atoms with Crippen LogP contribution in [-0.4, -0.2) is 18.4 Å². The van der Waals surface area contributed by atoms with Crippen LogP contribution in [0, 0.1) is 0 Å². The lowest BCUT2D eigenvalue weighted by molar-refractivity contribution is 0.306. The molecule has 0 fully saturated rings. The van der Waals surface area contributed by atoms with Gasteiger partial charge in [0, 0.05) is 12.1 Å². The van der Waals surface area contributed by atoms with Crippen molar-refractivity contribution < 1.29 is 4.74 Å². The molecule has 0 unspecified atom stereocenters. The minimum absolute atomic E-state index is 0.464. The van der Waals surface area contributed by atoms with Crippen LogP contribution in [-0.2, 0) is 6.61 Å². The molecular formula is C16H16ClN3OS. The summed E-state index contributed by atoms with van der Waals surface area (Å²) >= 11 is 10.8. The van der Waals surface area contributed by atoms with Gasteiger partial charge >= 0.3 is 0 Å². The minimum Gasteiger partial charge on any atom is -0.489 e. The zero-order valence-electron chi connectivity index (χ0n) is 12.0. The van der Waals surface area contributed by atoms with Crippen LogP contribution in [0.25, 0.3) is 0 Å². The van der Waals surface area contributed by atoms with E-state index in [9.17, 15) is 0 Å². The second-order valence-corrected chi connectivity index (χ2v) is 5.28. The average molecular weight is 334 g/mol. The Kier molecular flexibility index (Phi) is 6.18. The van der Waals surface area contributed by atoms with Gasteiger partial charge in [0.2, 0.25) is 0 Å². The van der Waals surface area contributed by atoms with Crippen LogP contribution in [0.4, 0.5) is 0 Å². The normalized spacial score (nSPS) is 10.5. The predicted octanol–water partition coefficient (Wildman–Crippen LogP) is 3.35. The van der Waals surface area contributed by atoms with Gasteiger partial charge in [0.15, 0.2) is 5.11 Å². The maximum Gasteiger partial charge on any atom is 0.186 e. The van der Waals surface area contributed by atoms with Crippen LogP contribution < -0.4 is 15.5 Å². The van der Waals surface area contributed by atoms with E-state index >= 15 is 0 Å². The third kappa shape index (κ3) is 5.35. The van der Waals surface area contributed by atoms with Crippen LogP contribution in [0.15, 0.2) is 53.6 Å². The van der Waals surface area contributed by atoms with Crippen molar-refractivity contribution in [3.8, 4) is 5.75 Å². The molecule has 0 heterocycles. The molecule has 0 atom stereocenters. The number of hydrazone groups is 1. The highest BCUT2D eigenvalue weighted by Gasteiger charge is 1.98. The molecule has 22 heavy (non-hydrogen) atoms. The van der Waals surface area contributed by atoms with Crippen LogP contribution in [0.1, 0.15) is 11.1 Å². The molecule has 0 saturated heterocycles. The molecule has 0 aromatic heterocycles. The second kappa shape index (κ2) is 8.36. The van der Waals surface area contributed by atoms with Crippen LogP contribution in [0.2, 0.25) is 5.02 Å². The van der Waals surface area contributed by atoms with Gasteiger partial charge in [-0.3, -0.25) is 5.43 Å². The first-order chi connectivity index (χ1) is 10.7. The standard InChI is InChI=1S/C16H16ClN3OS/c1-18-16(22)20-19-10-13-3-2-4-15(9-13)21-11-12-5-7-14(17)8-6-12/h2-10H,11H2,1H3,(H2,18,20,22)/b19-10+. The topological polar surface area (TPSA) is 45.7 Å². The summed E-state index contributed by atoms with van der Waals surface area (Å²) in [5.74, 6) is 0.773. The van der Waals surface area contributed by atoms with E-state index in [1.807, 2.05) is 48.5 Å². The van der Waals surface area contributed by atoms with Crippen molar-refractivity contribution in [2.75, 3.05) is 7.05 Å². The molecule has 0 amide bonds. The SMILES string of the molecule is CNC(=S)N/N=C/c1cccc(OCc2ccc(Cl)cc2)c1. The minimum atomic E-state index is 0.464. The maximum atomic E-state index is 5.86. The van der Waals surface area contributed by atoms with Gasteiger partial charge in [-0.15, -0.1) is 0 Å². The van der Waals surface area contributed by atoms with Crippen molar-refractivity contribution in [3.05, 3.63) is 64.7 Å². The molecule has 114 valence electrons. The number of halogens is 1. The second-order valence-electron chi connectivity index (χ2n) is 4.44. The number of rotatable bonds is 5. The lowest BCUT2D eigenvalue weighted by Gasteiger charge is -2.07. The monoisotopic (exact) mass is 333 g/mol. The number of benzene rings is 2. The predicted molar refractivity (Wildman–Crippen MR) is 94.6 cm³/mol. The van der Waals surface area contributed by atoms with Crippen molar-refractivity contribution >= 4 is 35.1 Å². The maximum absolute atomic E-state index is 5.86. The highest BCUT2D eigenvalue weighted by atomic mass is 35.5. The smallest absolute Gasteiger partial charge is 0.186 e. The molecule has 0 radical (unpaired) electrons. The molecule has 0 aliphatic carbocycles. The summed E-state index contributed by atoms with van der Waals surface area (Å²) in [5.41, 5.74) is 4.68. The molecule has 2 N–H and O–H groups in total. The Hall–Kier alpha value is -2.11. The van der Waals surface area contributed by atoms with Gasteiger partial charge in [-0.25, -0.2) is 0 Å². The Balaban J connectivity index is 1.93. The molecule has 6 heteroatoms. The highest BCUT2D eigenvalue weighted by Crippen LogP contribution is 2.15. The van der Waals surface area contributed by atoms with E-state index in [2.05, 4.69) is 15.8 Å². The van der Waals surface area contributed by atoms with E-state index in [-0.39, 0.29) is 0 Å².